The van der Waals surface area contributed by atoms with Gasteiger partial charge in [-0.3, -0.25) is 0 Å². The summed E-state index contributed by atoms with van der Waals surface area (Å²) in [5.41, 5.74) is 0. The summed E-state index contributed by atoms with van der Waals surface area (Å²) in [4.78, 5) is 0. The van der Waals surface area contributed by atoms with Crippen molar-refractivity contribution in [3.05, 3.63) is 0 Å². The Balaban J connectivity index is 1.87. The maximum absolute atomic E-state index is 6.03. The van der Waals surface area contributed by atoms with Crippen LogP contribution in [0.2, 0.25) is 0 Å². The molecule has 0 heterocycles. The van der Waals surface area contributed by atoms with Crippen LogP contribution >= 0.6 is 0 Å². The molecule has 2 nitrogen and oxygen atoms in total. The van der Waals surface area contributed by atoms with E-state index in [-0.39, 0.29) is 0 Å². The van der Waals surface area contributed by atoms with E-state index in [1.165, 1.54) is 44.9 Å². The van der Waals surface area contributed by atoms with Crippen molar-refractivity contribution in [1.82, 2.24) is 5.32 Å². The minimum Gasteiger partial charge on any atom is -0.377 e. The van der Waals surface area contributed by atoms with E-state index in [0.29, 0.717) is 12.1 Å². The monoisotopic (exact) mass is 239 g/mol. The normalized spacial score (nSPS) is 25.1. The summed E-state index contributed by atoms with van der Waals surface area (Å²) in [5, 5.41) is 3.69. The lowest BCUT2D eigenvalue weighted by Gasteiger charge is -2.30. The van der Waals surface area contributed by atoms with E-state index >= 15 is 0 Å². The molecule has 2 fully saturated rings. The van der Waals surface area contributed by atoms with Crippen LogP contribution in [0.3, 0.4) is 0 Å². The van der Waals surface area contributed by atoms with Gasteiger partial charge < -0.3 is 10.1 Å². The highest BCUT2D eigenvalue weighted by Gasteiger charge is 2.37. The Bertz CT molecular complexity index is 209. The number of nitrogens with one attached hydrogen (secondary N) is 1. The van der Waals surface area contributed by atoms with Crippen LogP contribution in [0.25, 0.3) is 0 Å². The molecule has 2 heteroatoms. The van der Waals surface area contributed by atoms with Crippen molar-refractivity contribution in [2.45, 2.75) is 70.9 Å². The zero-order valence-electron chi connectivity index (χ0n) is 11.6. The molecule has 0 aliphatic heterocycles. The first-order valence-electron chi connectivity index (χ1n) is 7.70. The molecule has 17 heavy (non-hydrogen) atoms. The average Bonchev–Trinajstić information content (AvgIpc) is 3.04. The van der Waals surface area contributed by atoms with E-state index in [4.69, 9.17) is 4.74 Å². The van der Waals surface area contributed by atoms with Crippen molar-refractivity contribution in [2.75, 3.05) is 13.2 Å². The Morgan fingerprint density at radius 3 is 2.35 bits per heavy atom. The highest BCUT2D eigenvalue weighted by molar-refractivity contribution is 4.91. The Kier molecular flexibility index (Phi) is 5.30. The zero-order chi connectivity index (χ0) is 12.1. The van der Waals surface area contributed by atoms with E-state index in [2.05, 4.69) is 19.2 Å². The predicted molar refractivity (Wildman–Crippen MR) is 72.2 cm³/mol. The van der Waals surface area contributed by atoms with Gasteiger partial charge in [-0.1, -0.05) is 32.6 Å². The highest BCUT2D eigenvalue weighted by Crippen LogP contribution is 2.38. The molecule has 0 aromatic rings. The van der Waals surface area contributed by atoms with E-state index in [9.17, 15) is 0 Å². The lowest BCUT2D eigenvalue weighted by molar-refractivity contribution is 0.0134. The summed E-state index contributed by atoms with van der Waals surface area (Å²) < 4.78 is 6.03. The van der Waals surface area contributed by atoms with Gasteiger partial charge in [-0.2, -0.15) is 0 Å². The fraction of sp³-hybridized carbons (Fsp3) is 1.00. The van der Waals surface area contributed by atoms with Crippen LogP contribution in [0.15, 0.2) is 0 Å². The second-order valence-corrected chi connectivity index (χ2v) is 5.81. The van der Waals surface area contributed by atoms with Crippen molar-refractivity contribution >= 4 is 0 Å². The Morgan fingerprint density at radius 2 is 1.82 bits per heavy atom. The summed E-state index contributed by atoms with van der Waals surface area (Å²) in [6, 6.07) is 0.607. The van der Waals surface area contributed by atoms with Crippen LogP contribution in [0.1, 0.15) is 58.8 Å². The lowest BCUT2D eigenvalue weighted by atomic mass is 9.93. The Labute approximate surface area is 107 Å². The Morgan fingerprint density at radius 1 is 1.12 bits per heavy atom. The van der Waals surface area contributed by atoms with Crippen LogP contribution in [0.5, 0.6) is 0 Å². The van der Waals surface area contributed by atoms with Gasteiger partial charge in [0.2, 0.25) is 0 Å². The third-order valence-electron chi connectivity index (χ3n) is 4.37. The molecule has 1 N–H and O–H groups in total. The maximum Gasteiger partial charge on any atom is 0.0756 e. The van der Waals surface area contributed by atoms with Gasteiger partial charge in [-0.15, -0.1) is 0 Å². The molecule has 100 valence electrons. The minimum absolute atomic E-state index is 0.487. The van der Waals surface area contributed by atoms with Crippen molar-refractivity contribution < 1.29 is 4.74 Å². The quantitative estimate of drug-likeness (QED) is 0.701. The van der Waals surface area contributed by atoms with Gasteiger partial charge in [-0.05, 0) is 44.6 Å². The minimum atomic E-state index is 0.487. The van der Waals surface area contributed by atoms with Crippen LogP contribution in [-0.4, -0.2) is 25.3 Å². The molecule has 0 radical (unpaired) electrons. The summed E-state index contributed by atoms with van der Waals surface area (Å²) in [5.74, 6) is 1.81. The number of likely N-dealkylation sites (N-methyl/N-ethyl adjacent to an activating group) is 1. The fourth-order valence-corrected chi connectivity index (χ4v) is 3.40. The smallest absolute Gasteiger partial charge is 0.0756 e. The molecule has 2 aliphatic carbocycles. The molecule has 0 bridgehead atoms. The van der Waals surface area contributed by atoms with Gasteiger partial charge in [0.1, 0.15) is 0 Å². The first kappa shape index (κ1) is 13.4. The van der Waals surface area contributed by atoms with Crippen LogP contribution < -0.4 is 5.32 Å². The first-order chi connectivity index (χ1) is 8.35. The molecule has 0 spiro atoms. The van der Waals surface area contributed by atoms with Crippen molar-refractivity contribution in [3.63, 3.8) is 0 Å². The van der Waals surface area contributed by atoms with E-state index < -0.39 is 0 Å². The van der Waals surface area contributed by atoms with Gasteiger partial charge in [0.25, 0.3) is 0 Å². The maximum atomic E-state index is 6.03. The molecule has 0 aromatic carbocycles. The molecule has 2 atom stereocenters. The van der Waals surface area contributed by atoms with E-state index in [1.54, 1.807) is 0 Å². The number of ether oxygens (including phenoxy) is 1. The largest absolute Gasteiger partial charge is 0.377 e. The lowest BCUT2D eigenvalue weighted by Crippen LogP contribution is -2.43. The number of rotatable bonds is 8. The average molecular weight is 239 g/mol. The summed E-state index contributed by atoms with van der Waals surface area (Å²) in [7, 11) is 0. The first-order valence-corrected chi connectivity index (χ1v) is 7.70. The molecular weight excluding hydrogens is 210 g/mol. The zero-order valence-corrected chi connectivity index (χ0v) is 11.6. The SMILES string of the molecule is CCNC(CC1CCCC1)C(OCC)C1CC1. The molecule has 2 aliphatic rings. The number of hydrogen-bond acceptors (Lipinski definition) is 2. The summed E-state index contributed by atoms with van der Waals surface area (Å²) >= 11 is 0. The molecule has 2 rings (SSSR count). The van der Waals surface area contributed by atoms with Crippen LogP contribution in [0, 0.1) is 11.8 Å². The fourth-order valence-electron chi connectivity index (χ4n) is 3.40. The van der Waals surface area contributed by atoms with Crippen molar-refractivity contribution in [3.8, 4) is 0 Å². The number of hydrogen-bond donors (Lipinski definition) is 1. The highest BCUT2D eigenvalue weighted by atomic mass is 16.5. The molecule has 2 unspecified atom stereocenters. The second kappa shape index (κ2) is 6.75. The second-order valence-electron chi connectivity index (χ2n) is 5.81. The van der Waals surface area contributed by atoms with Gasteiger partial charge in [0.15, 0.2) is 0 Å². The van der Waals surface area contributed by atoms with Crippen LogP contribution in [0.4, 0.5) is 0 Å². The Hall–Kier alpha value is -0.0800. The third kappa shape index (κ3) is 3.96. The summed E-state index contributed by atoms with van der Waals surface area (Å²) in [6.07, 6.45) is 10.4. The van der Waals surface area contributed by atoms with E-state index in [0.717, 1.165) is 25.0 Å². The molecular formula is C15H29NO. The topological polar surface area (TPSA) is 21.3 Å². The van der Waals surface area contributed by atoms with Gasteiger partial charge in [0.05, 0.1) is 6.10 Å². The molecule has 0 amide bonds. The van der Waals surface area contributed by atoms with Gasteiger partial charge in [-0.25, -0.2) is 0 Å². The molecule has 2 saturated carbocycles. The third-order valence-corrected chi connectivity index (χ3v) is 4.37. The predicted octanol–water partition coefficient (Wildman–Crippen LogP) is 3.36. The molecule has 0 aromatic heterocycles. The standard InChI is InChI=1S/C15H29NO/c1-3-16-14(11-12-7-5-6-8-12)15(17-4-2)13-9-10-13/h12-16H,3-11H2,1-2H3. The summed E-state index contributed by atoms with van der Waals surface area (Å²) in [6.45, 7) is 6.30. The van der Waals surface area contributed by atoms with Crippen molar-refractivity contribution in [2.24, 2.45) is 11.8 Å². The molecule has 0 saturated heterocycles. The van der Waals surface area contributed by atoms with E-state index in [1.807, 2.05) is 0 Å². The van der Waals surface area contributed by atoms with Gasteiger partial charge in [0, 0.05) is 12.6 Å². The van der Waals surface area contributed by atoms with Crippen molar-refractivity contribution in [1.29, 1.82) is 0 Å². The van der Waals surface area contributed by atoms with Crippen LogP contribution in [-0.2, 0) is 4.74 Å². The van der Waals surface area contributed by atoms with Gasteiger partial charge >= 0.3 is 0 Å².